The first-order chi connectivity index (χ1) is 17.5. The zero-order valence-corrected chi connectivity index (χ0v) is 21.4. The van der Waals surface area contributed by atoms with Crippen LogP contribution in [-0.2, 0) is 17.8 Å². The number of ether oxygens (including phenoxy) is 2. The van der Waals surface area contributed by atoms with Gasteiger partial charge in [-0.25, -0.2) is 4.98 Å². The summed E-state index contributed by atoms with van der Waals surface area (Å²) in [4.78, 5) is 17.0. The molecule has 0 bridgehead atoms. The highest BCUT2D eigenvalue weighted by Gasteiger charge is 2.12. The number of para-hydroxylation sites is 3. The van der Waals surface area contributed by atoms with Crippen LogP contribution >= 0.6 is 0 Å². The van der Waals surface area contributed by atoms with E-state index < -0.39 is 0 Å². The second-order valence-corrected chi connectivity index (χ2v) is 9.27. The number of benzene rings is 3. The molecule has 1 amide bonds. The quantitative estimate of drug-likeness (QED) is 0.262. The molecule has 0 fully saturated rings. The Morgan fingerprint density at radius 3 is 2.58 bits per heavy atom. The predicted molar refractivity (Wildman–Crippen MR) is 144 cm³/mol. The molecular formula is C30H35N3O3. The molecule has 0 spiro atoms. The van der Waals surface area contributed by atoms with E-state index in [1.165, 1.54) is 11.1 Å². The summed E-state index contributed by atoms with van der Waals surface area (Å²) in [6, 6.07) is 23.9. The minimum absolute atomic E-state index is 0.0111. The van der Waals surface area contributed by atoms with Crippen LogP contribution < -0.4 is 14.8 Å². The molecule has 4 rings (SSSR count). The zero-order valence-electron chi connectivity index (χ0n) is 21.4. The molecule has 0 saturated carbocycles. The number of carbonyl (C=O) groups excluding carboxylic acids is 1. The van der Waals surface area contributed by atoms with Gasteiger partial charge < -0.3 is 19.4 Å². The van der Waals surface area contributed by atoms with E-state index in [2.05, 4.69) is 54.9 Å². The maximum absolute atomic E-state index is 12.1. The number of aryl methyl sites for hydroxylation is 2. The van der Waals surface area contributed by atoms with Gasteiger partial charge in [0.25, 0.3) is 5.91 Å². The van der Waals surface area contributed by atoms with Gasteiger partial charge in [0.15, 0.2) is 6.61 Å². The molecule has 0 aliphatic heterocycles. The highest BCUT2D eigenvalue weighted by atomic mass is 16.5. The molecule has 1 N–H and O–H groups in total. The highest BCUT2D eigenvalue weighted by molar-refractivity contribution is 5.77. The second kappa shape index (κ2) is 12.2. The van der Waals surface area contributed by atoms with Crippen LogP contribution in [-0.4, -0.2) is 35.2 Å². The Bertz CT molecular complexity index is 1280. The van der Waals surface area contributed by atoms with Crippen molar-refractivity contribution >= 4 is 16.9 Å². The molecule has 0 aliphatic carbocycles. The molecule has 0 aliphatic rings. The normalized spacial score (nSPS) is 11.1. The lowest BCUT2D eigenvalue weighted by molar-refractivity contribution is -0.123. The summed E-state index contributed by atoms with van der Waals surface area (Å²) in [5, 5.41) is 2.94. The molecular weight excluding hydrogens is 450 g/mol. The van der Waals surface area contributed by atoms with Crippen molar-refractivity contribution in [1.29, 1.82) is 0 Å². The van der Waals surface area contributed by atoms with Gasteiger partial charge in [0, 0.05) is 13.0 Å². The van der Waals surface area contributed by atoms with Crippen molar-refractivity contribution in [2.24, 2.45) is 0 Å². The van der Waals surface area contributed by atoms with Gasteiger partial charge in [-0.15, -0.1) is 0 Å². The maximum atomic E-state index is 12.1. The first kappa shape index (κ1) is 25.3. The number of hydrogen-bond donors (Lipinski definition) is 1. The second-order valence-electron chi connectivity index (χ2n) is 9.27. The van der Waals surface area contributed by atoms with Crippen molar-refractivity contribution in [1.82, 2.24) is 14.9 Å². The third kappa shape index (κ3) is 6.66. The summed E-state index contributed by atoms with van der Waals surface area (Å²) < 4.78 is 14.0. The number of nitrogens with one attached hydrogen (secondary N) is 1. The smallest absolute Gasteiger partial charge is 0.257 e. The number of hydrogen-bond acceptors (Lipinski definition) is 4. The molecule has 36 heavy (non-hydrogen) atoms. The van der Waals surface area contributed by atoms with Gasteiger partial charge in [0.05, 0.1) is 17.6 Å². The van der Waals surface area contributed by atoms with Gasteiger partial charge in [-0.05, 0) is 60.7 Å². The Balaban J connectivity index is 1.33. The fourth-order valence-electron chi connectivity index (χ4n) is 4.25. The van der Waals surface area contributed by atoms with E-state index in [1.54, 1.807) is 0 Å². The Labute approximate surface area is 213 Å². The minimum atomic E-state index is -0.125. The van der Waals surface area contributed by atoms with E-state index in [1.807, 2.05) is 48.5 Å². The van der Waals surface area contributed by atoms with Crippen molar-refractivity contribution < 1.29 is 14.3 Å². The van der Waals surface area contributed by atoms with E-state index >= 15 is 0 Å². The first-order valence-electron chi connectivity index (χ1n) is 12.6. The average Bonchev–Trinajstić information content (AvgIpc) is 3.23. The summed E-state index contributed by atoms with van der Waals surface area (Å²) in [6.45, 7) is 8.31. The van der Waals surface area contributed by atoms with Crippen LogP contribution in [0.25, 0.3) is 11.0 Å². The van der Waals surface area contributed by atoms with Crippen LogP contribution in [0.1, 0.15) is 43.1 Å². The summed E-state index contributed by atoms with van der Waals surface area (Å²) in [6.07, 6.45) is 1.55. The van der Waals surface area contributed by atoms with Crippen LogP contribution in [0.15, 0.2) is 72.8 Å². The monoisotopic (exact) mass is 485 g/mol. The van der Waals surface area contributed by atoms with Crippen molar-refractivity contribution in [3.63, 3.8) is 0 Å². The highest BCUT2D eigenvalue weighted by Crippen LogP contribution is 2.27. The lowest BCUT2D eigenvalue weighted by Crippen LogP contribution is -2.30. The van der Waals surface area contributed by atoms with Crippen molar-refractivity contribution in [3.8, 4) is 11.5 Å². The molecule has 1 heterocycles. The molecule has 4 aromatic rings. The van der Waals surface area contributed by atoms with E-state index in [9.17, 15) is 4.79 Å². The van der Waals surface area contributed by atoms with Crippen molar-refractivity contribution in [2.45, 2.75) is 46.1 Å². The predicted octanol–water partition coefficient (Wildman–Crippen LogP) is 5.67. The Morgan fingerprint density at radius 1 is 1.00 bits per heavy atom. The lowest BCUT2D eigenvalue weighted by atomic mass is 10.0. The number of amides is 1. The SMILES string of the molecule is Cc1ccc(C(C)C)c(OCCn2c(CCCNC(=O)COc3ccccc3)nc3ccccc32)c1. The van der Waals surface area contributed by atoms with Gasteiger partial charge in [-0.3, -0.25) is 4.79 Å². The lowest BCUT2D eigenvalue weighted by Gasteiger charge is -2.16. The molecule has 0 saturated heterocycles. The topological polar surface area (TPSA) is 65.4 Å². The third-order valence-corrected chi connectivity index (χ3v) is 6.11. The minimum Gasteiger partial charge on any atom is -0.491 e. The fourth-order valence-corrected chi connectivity index (χ4v) is 4.25. The van der Waals surface area contributed by atoms with Crippen molar-refractivity contribution in [2.75, 3.05) is 19.8 Å². The first-order valence-corrected chi connectivity index (χ1v) is 12.6. The van der Waals surface area contributed by atoms with Gasteiger partial charge in [0.1, 0.15) is 23.9 Å². The molecule has 3 aromatic carbocycles. The number of rotatable bonds is 12. The van der Waals surface area contributed by atoms with Crippen LogP contribution in [0, 0.1) is 6.92 Å². The number of carbonyl (C=O) groups is 1. The van der Waals surface area contributed by atoms with E-state index in [-0.39, 0.29) is 12.5 Å². The standard InChI is InChI=1S/C30H35N3O3/c1-22(2)25-16-15-23(3)20-28(25)35-19-18-33-27-13-8-7-12-26(27)32-29(33)14-9-17-31-30(34)21-36-24-10-5-4-6-11-24/h4-8,10-13,15-16,20,22H,9,14,17-19,21H2,1-3H3,(H,31,34). The summed E-state index contributed by atoms with van der Waals surface area (Å²) >= 11 is 0. The van der Waals surface area contributed by atoms with Gasteiger partial charge in [-0.2, -0.15) is 0 Å². The molecule has 6 heteroatoms. The maximum Gasteiger partial charge on any atom is 0.257 e. The Hall–Kier alpha value is -3.80. The summed E-state index contributed by atoms with van der Waals surface area (Å²) in [5.41, 5.74) is 4.50. The number of fused-ring (bicyclic) bond motifs is 1. The van der Waals surface area contributed by atoms with Crippen LogP contribution in [0.4, 0.5) is 0 Å². The van der Waals surface area contributed by atoms with Gasteiger partial charge in [0.2, 0.25) is 0 Å². The van der Waals surface area contributed by atoms with Crippen molar-refractivity contribution in [3.05, 3.63) is 89.7 Å². The molecule has 0 radical (unpaired) electrons. The Morgan fingerprint density at radius 2 is 1.78 bits per heavy atom. The summed E-state index contributed by atoms with van der Waals surface area (Å²) in [7, 11) is 0. The zero-order chi connectivity index (χ0) is 25.3. The number of aromatic nitrogens is 2. The van der Waals surface area contributed by atoms with E-state index in [0.29, 0.717) is 31.4 Å². The molecule has 0 atom stereocenters. The largest absolute Gasteiger partial charge is 0.491 e. The molecule has 6 nitrogen and oxygen atoms in total. The molecule has 0 unspecified atom stereocenters. The fraction of sp³-hybridized carbons (Fsp3) is 0.333. The van der Waals surface area contributed by atoms with Crippen LogP contribution in [0.5, 0.6) is 11.5 Å². The van der Waals surface area contributed by atoms with Gasteiger partial charge in [-0.1, -0.05) is 56.3 Å². The van der Waals surface area contributed by atoms with E-state index in [4.69, 9.17) is 14.5 Å². The third-order valence-electron chi connectivity index (χ3n) is 6.11. The molecule has 1 aromatic heterocycles. The van der Waals surface area contributed by atoms with Crippen LogP contribution in [0.3, 0.4) is 0 Å². The molecule has 188 valence electrons. The summed E-state index contributed by atoms with van der Waals surface area (Å²) in [5.74, 6) is 2.92. The average molecular weight is 486 g/mol. The van der Waals surface area contributed by atoms with Gasteiger partial charge >= 0.3 is 0 Å². The van der Waals surface area contributed by atoms with Crippen LogP contribution in [0.2, 0.25) is 0 Å². The van der Waals surface area contributed by atoms with E-state index in [0.717, 1.165) is 35.4 Å². The number of nitrogens with zero attached hydrogens (tertiary/aromatic N) is 2. The number of imidazole rings is 1. The Kier molecular flexibility index (Phi) is 8.61.